The van der Waals surface area contributed by atoms with Gasteiger partial charge >= 0.3 is 5.97 Å². The van der Waals surface area contributed by atoms with Crippen molar-refractivity contribution in [2.45, 2.75) is 12.0 Å². The average Bonchev–Trinajstić information content (AvgIpc) is 3.65. The number of fused-ring (bicyclic) bond motifs is 3. The van der Waals surface area contributed by atoms with Crippen molar-refractivity contribution in [3.8, 4) is 40.2 Å². The molecule has 1 fully saturated rings. The van der Waals surface area contributed by atoms with Gasteiger partial charge in [-0.2, -0.15) is 0 Å². The highest BCUT2D eigenvalue weighted by Crippen LogP contribution is 2.55. The molecular weight excluding hydrogens is 576 g/mol. The van der Waals surface area contributed by atoms with Gasteiger partial charge < -0.3 is 48.5 Å². The standard InChI is InChI=1S/C31H32N2O9S/c1-35-17-8-16(9-18(10-17)36-2)32-31(43)33-28-20-12-23-22(41-14-42-23)11-19(20)26(27-21(28)13-40-30(27)34)15-6-24(37-3)29(39-5)25(7-15)38-4/h6-12,21,26-28H,13-14H2,1-5H3,(H2,32,33,43)/t21-,26+,27-,28+/m0/s1. The molecule has 43 heavy (non-hydrogen) atoms. The molecule has 3 aromatic carbocycles. The summed E-state index contributed by atoms with van der Waals surface area (Å²) in [5.74, 6) is 2.40. The highest BCUT2D eigenvalue weighted by molar-refractivity contribution is 7.80. The van der Waals surface area contributed by atoms with E-state index in [-0.39, 0.29) is 31.3 Å². The van der Waals surface area contributed by atoms with Gasteiger partial charge in [0.05, 0.1) is 54.1 Å². The first kappa shape index (κ1) is 28.5. The second-order valence-corrected chi connectivity index (χ2v) is 10.7. The van der Waals surface area contributed by atoms with Crippen molar-refractivity contribution in [3.05, 3.63) is 59.2 Å². The summed E-state index contributed by atoms with van der Waals surface area (Å²) in [5, 5.41) is 7.04. The number of anilines is 1. The summed E-state index contributed by atoms with van der Waals surface area (Å²) < 4.78 is 44.9. The lowest BCUT2D eigenvalue weighted by molar-refractivity contribution is -0.141. The summed E-state index contributed by atoms with van der Waals surface area (Å²) in [6.45, 7) is 0.323. The van der Waals surface area contributed by atoms with Crippen molar-refractivity contribution >= 4 is 29.0 Å². The van der Waals surface area contributed by atoms with Crippen LogP contribution in [-0.2, 0) is 9.53 Å². The number of benzene rings is 3. The Kier molecular flexibility index (Phi) is 7.70. The van der Waals surface area contributed by atoms with Crippen LogP contribution in [0.5, 0.6) is 40.2 Å². The molecule has 11 nitrogen and oxygen atoms in total. The lowest BCUT2D eigenvalue weighted by atomic mass is 9.65. The molecule has 3 aliphatic rings. The van der Waals surface area contributed by atoms with E-state index in [1.54, 1.807) is 41.6 Å². The third kappa shape index (κ3) is 5.05. The van der Waals surface area contributed by atoms with Gasteiger partial charge in [0.25, 0.3) is 0 Å². The predicted octanol–water partition coefficient (Wildman–Crippen LogP) is 4.42. The van der Waals surface area contributed by atoms with Gasteiger partial charge in [0.1, 0.15) is 11.5 Å². The Morgan fingerprint density at radius 2 is 1.42 bits per heavy atom. The summed E-state index contributed by atoms with van der Waals surface area (Å²) in [5.41, 5.74) is 3.28. The predicted molar refractivity (Wildman–Crippen MR) is 160 cm³/mol. The van der Waals surface area contributed by atoms with Crippen molar-refractivity contribution in [2.75, 3.05) is 54.3 Å². The van der Waals surface area contributed by atoms with Gasteiger partial charge in [-0.3, -0.25) is 4.79 Å². The van der Waals surface area contributed by atoms with Crippen molar-refractivity contribution in [1.82, 2.24) is 5.32 Å². The van der Waals surface area contributed by atoms with E-state index in [0.29, 0.717) is 51.0 Å². The third-order valence-corrected chi connectivity index (χ3v) is 8.35. The van der Waals surface area contributed by atoms with E-state index < -0.39 is 11.8 Å². The van der Waals surface area contributed by atoms with Gasteiger partial charge in [0.15, 0.2) is 28.1 Å². The monoisotopic (exact) mass is 608 g/mol. The van der Waals surface area contributed by atoms with Crippen molar-refractivity contribution < 1.29 is 42.7 Å². The molecule has 2 aliphatic heterocycles. The summed E-state index contributed by atoms with van der Waals surface area (Å²) in [4.78, 5) is 13.5. The zero-order chi connectivity index (χ0) is 30.2. The minimum atomic E-state index is -0.534. The Morgan fingerprint density at radius 3 is 2.00 bits per heavy atom. The number of carbonyl (C=O) groups is 1. The molecule has 226 valence electrons. The van der Waals surface area contributed by atoms with Crippen LogP contribution in [0.4, 0.5) is 5.69 Å². The van der Waals surface area contributed by atoms with Crippen LogP contribution in [0, 0.1) is 11.8 Å². The first-order valence-electron chi connectivity index (χ1n) is 13.6. The number of rotatable bonds is 8. The third-order valence-electron chi connectivity index (χ3n) is 8.13. The number of carbonyl (C=O) groups excluding carboxylic acids is 1. The molecule has 0 amide bonds. The molecule has 0 unspecified atom stereocenters. The molecule has 2 heterocycles. The van der Waals surface area contributed by atoms with Crippen LogP contribution >= 0.6 is 12.2 Å². The number of thiocarbonyl (C=S) groups is 1. The molecule has 0 radical (unpaired) electrons. The van der Waals surface area contributed by atoms with Crippen LogP contribution in [0.3, 0.4) is 0 Å². The SMILES string of the molecule is COc1cc(NC(=S)N[C@@H]2c3cc4c(cc3[C@@H](c3cc(OC)c(OC)c(OC)c3)[C@H]3C(=O)OC[C@@H]32)OCO4)cc(OC)c1. The van der Waals surface area contributed by atoms with Gasteiger partial charge in [0.2, 0.25) is 12.5 Å². The second-order valence-electron chi connectivity index (χ2n) is 10.3. The van der Waals surface area contributed by atoms with Crippen molar-refractivity contribution in [2.24, 2.45) is 11.8 Å². The molecular formula is C31H32N2O9S. The van der Waals surface area contributed by atoms with Crippen LogP contribution in [0.25, 0.3) is 0 Å². The number of hydrogen-bond acceptors (Lipinski definition) is 10. The maximum atomic E-state index is 13.5. The molecule has 12 heteroatoms. The molecule has 0 spiro atoms. The summed E-state index contributed by atoms with van der Waals surface area (Å²) in [7, 11) is 7.84. The van der Waals surface area contributed by atoms with Crippen molar-refractivity contribution in [3.63, 3.8) is 0 Å². The molecule has 6 rings (SSSR count). The van der Waals surface area contributed by atoms with E-state index in [4.69, 9.17) is 50.1 Å². The van der Waals surface area contributed by atoms with E-state index in [9.17, 15) is 4.79 Å². The molecule has 4 atom stereocenters. The number of hydrogen-bond donors (Lipinski definition) is 2. The van der Waals surface area contributed by atoms with Gasteiger partial charge in [-0.1, -0.05) is 0 Å². The zero-order valence-corrected chi connectivity index (χ0v) is 25.2. The summed E-state index contributed by atoms with van der Waals surface area (Å²) in [6.07, 6.45) is 0. The van der Waals surface area contributed by atoms with E-state index in [1.165, 1.54) is 0 Å². The Labute approximate surface area is 254 Å². The zero-order valence-electron chi connectivity index (χ0n) is 24.3. The van der Waals surface area contributed by atoms with E-state index in [1.807, 2.05) is 36.4 Å². The fourth-order valence-corrected chi connectivity index (χ4v) is 6.46. The Balaban J connectivity index is 1.43. The number of cyclic esters (lactones) is 1. The number of ether oxygens (including phenoxy) is 8. The van der Waals surface area contributed by atoms with Crippen molar-refractivity contribution in [1.29, 1.82) is 0 Å². The first-order chi connectivity index (χ1) is 20.9. The maximum absolute atomic E-state index is 13.5. The number of esters is 1. The van der Waals surface area contributed by atoms with E-state index >= 15 is 0 Å². The van der Waals surface area contributed by atoms with Crippen LogP contribution in [0.15, 0.2) is 42.5 Å². The molecule has 3 aromatic rings. The van der Waals surface area contributed by atoms with Gasteiger partial charge in [0, 0.05) is 35.7 Å². The Hall–Kier alpha value is -4.58. The van der Waals surface area contributed by atoms with Crippen LogP contribution in [-0.4, -0.2) is 60.0 Å². The average molecular weight is 609 g/mol. The lowest BCUT2D eigenvalue weighted by Gasteiger charge is -2.40. The fraction of sp³-hybridized carbons (Fsp3) is 0.355. The first-order valence-corrected chi connectivity index (χ1v) is 14.0. The minimum absolute atomic E-state index is 0.109. The fourth-order valence-electron chi connectivity index (χ4n) is 6.22. The van der Waals surface area contributed by atoms with Gasteiger partial charge in [-0.05, 0) is 53.2 Å². The molecule has 1 saturated heterocycles. The number of methoxy groups -OCH3 is 5. The van der Waals surface area contributed by atoms with Crippen LogP contribution in [0.1, 0.15) is 28.7 Å². The quantitative estimate of drug-likeness (QED) is 0.279. The van der Waals surface area contributed by atoms with Gasteiger partial charge in [-0.25, -0.2) is 0 Å². The summed E-state index contributed by atoms with van der Waals surface area (Å²) >= 11 is 5.78. The molecule has 0 aromatic heterocycles. The highest BCUT2D eigenvalue weighted by Gasteiger charge is 2.53. The van der Waals surface area contributed by atoms with Crippen LogP contribution < -0.4 is 43.8 Å². The topological polar surface area (TPSA) is 115 Å². The van der Waals surface area contributed by atoms with Gasteiger partial charge in [-0.15, -0.1) is 0 Å². The van der Waals surface area contributed by atoms with E-state index in [2.05, 4.69) is 10.6 Å². The maximum Gasteiger partial charge on any atom is 0.310 e. The summed E-state index contributed by atoms with van der Waals surface area (Å²) in [6, 6.07) is 12.7. The molecule has 0 bridgehead atoms. The van der Waals surface area contributed by atoms with E-state index in [0.717, 1.165) is 16.7 Å². The molecule has 1 aliphatic carbocycles. The highest BCUT2D eigenvalue weighted by atomic mass is 32.1. The normalized spacial score (nSPS) is 21.2. The molecule has 2 N–H and O–H groups in total. The Bertz CT molecular complexity index is 1530. The largest absolute Gasteiger partial charge is 0.497 e. The Morgan fingerprint density at radius 1 is 0.791 bits per heavy atom. The second kappa shape index (κ2) is 11.6. The minimum Gasteiger partial charge on any atom is -0.497 e. The molecule has 0 saturated carbocycles. The van der Waals surface area contributed by atoms with Crippen LogP contribution in [0.2, 0.25) is 0 Å². The number of nitrogens with one attached hydrogen (secondary N) is 2. The lowest BCUT2D eigenvalue weighted by Crippen LogP contribution is -2.44. The smallest absolute Gasteiger partial charge is 0.310 e.